The van der Waals surface area contributed by atoms with Crippen LogP contribution in [0, 0.1) is 11.8 Å². The summed E-state index contributed by atoms with van der Waals surface area (Å²) < 4.78 is 0.363. The fraction of sp³-hybridized carbons (Fsp3) is 0.409. The Kier molecular flexibility index (Phi) is 5.06. The van der Waals surface area contributed by atoms with Crippen molar-refractivity contribution >= 4 is 39.2 Å². The standard InChI is InChI=1S/C22H23BrN2O8/c1-21(32)7-6-8-15(25(2)3)17(28)13(20(24)31)19(30)22(8,33)18(29)11(7)16(27)12-10(26)5-4-9(23)14(12)21/h4-5,7-8,15,26-27,30,32-33H,6H2,1-3H3,(H2,24,31)/t7-,8-,15-,21-,22-/m0/s1. The quantitative estimate of drug-likeness (QED) is 0.299. The fourth-order valence-electron chi connectivity index (χ4n) is 5.58. The third kappa shape index (κ3) is 2.79. The van der Waals surface area contributed by atoms with E-state index in [1.165, 1.54) is 38.1 Å². The van der Waals surface area contributed by atoms with Gasteiger partial charge < -0.3 is 31.3 Å². The molecule has 1 saturated carbocycles. The highest BCUT2D eigenvalue weighted by atomic mass is 79.9. The number of amides is 1. The molecule has 0 heterocycles. The maximum absolute atomic E-state index is 13.7. The lowest BCUT2D eigenvalue weighted by Crippen LogP contribution is -2.67. The summed E-state index contributed by atoms with van der Waals surface area (Å²) in [5, 5.41) is 55.3. The SMILES string of the molecule is CN(C)[C@@H]1C(=O)C(C(N)=O)=C(O)[C@@]2(O)C(=O)C3=C(O)c4c(O)ccc(Br)c4[C@@](C)(O)[C@H]3C[C@@H]12. The molecule has 1 aromatic carbocycles. The molecule has 176 valence electrons. The van der Waals surface area contributed by atoms with Crippen LogP contribution in [-0.2, 0) is 20.0 Å². The number of carbonyl (C=O) groups excluding carboxylic acids is 3. The number of hydrogen-bond donors (Lipinski definition) is 6. The number of benzene rings is 1. The van der Waals surface area contributed by atoms with Gasteiger partial charge in [0.05, 0.1) is 17.2 Å². The Bertz CT molecular complexity index is 1200. The zero-order valence-corrected chi connectivity index (χ0v) is 19.5. The summed E-state index contributed by atoms with van der Waals surface area (Å²) in [6, 6.07) is 1.50. The number of likely N-dealkylation sites (N-methyl/N-ethyl adjacent to an activating group) is 1. The van der Waals surface area contributed by atoms with Crippen molar-refractivity contribution in [3.05, 3.63) is 44.6 Å². The lowest BCUT2D eigenvalue weighted by Gasteiger charge is -2.53. The molecular weight excluding hydrogens is 500 g/mol. The molecular formula is C22H23BrN2O8. The number of Topliss-reactive ketones (excluding diaryl/α,β-unsaturated/α-hetero) is 2. The van der Waals surface area contributed by atoms with Crippen LogP contribution >= 0.6 is 15.9 Å². The highest BCUT2D eigenvalue weighted by Gasteiger charge is 2.66. The molecule has 0 spiro atoms. The molecule has 1 amide bonds. The van der Waals surface area contributed by atoms with Crippen LogP contribution in [0.5, 0.6) is 5.75 Å². The summed E-state index contributed by atoms with van der Waals surface area (Å²) >= 11 is 3.31. The summed E-state index contributed by atoms with van der Waals surface area (Å²) in [4.78, 5) is 40.1. The second kappa shape index (κ2) is 7.13. The van der Waals surface area contributed by atoms with Crippen LogP contribution in [0.15, 0.2) is 33.5 Å². The number of phenols is 1. The van der Waals surface area contributed by atoms with E-state index in [1.807, 2.05) is 0 Å². The summed E-state index contributed by atoms with van der Waals surface area (Å²) in [5.41, 5.74) is -0.701. The van der Waals surface area contributed by atoms with Crippen molar-refractivity contribution in [2.75, 3.05) is 14.1 Å². The van der Waals surface area contributed by atoms with Crippen molar-refractivity contribution in [3.63, 3.8) is 0 Å². The number of primary amides is 1. The number of halogens is 1. The van der Waals surface area contributed by atoms with Gasteiger partial charge in [-0.1, -0.05) is 15.9 Å². The van der Waals surface area contributed by atoms with Gasteiger partial charge in [-0.25, -0.2) is 0 Å². The molecule has 11 heteroatoms. The van der Waals surface area contributed by atoms with Crippen LogP contribution in [0.25, 0.3) is 5.76 Å². The van der Waals surface area contributed by atoms with Crippen LogP contribution < -0.4 is 5.73 Å². The van der Waals surface area contributed by atoms with E-state index in [9.17, 15) is 39.9 Å². The monoisotopic (exact) mass is 522 g/mol. The van der Waals surface area contributed by atoms with E-state index in [0.717, 1.165) is 0 Å². The zero-order valence-electron chi connectivity index (χ0n) is 18.0. The van der Waals surface area contributed by atoms with Gasteiger partial charge in [-0.3, -0.25) is 19.3 Å². The molecule has 4 rings (SSSR count). The maximum Gasteiger partial charge on any atom is 0.255 e. The number of aromatic hydroxyl groups is 1. The van der Waals surface area contributed by atoms with Gasteiger partial charge in [-0.15, -0.1) is 0 Å². The minimum atomic E-state index is -2.76. The van der Waals surface area contributed by atoms with E-state index in [4.69, 9.17) is 5.73 Å². The van der Waals surface area contributed by atoms with Gasteiger partial charge in [-0.2, -0.15) is 0 Å². The smallest absolute Gasteiger partial charge is 0.255 e. The van der Waals surface area contributed by atoms with Crippen LogP contribution in [-0.4, -0.2) is 73.6 Å². The minimum Gasteiger partial charge on any atom is -0.508 e. The average molecular weight is 523 g/mol. The Balaban J connectivity index is 2.07. The van der Waals surface area contributed by atoms with Crippen molar-refractivity contribution in [1.29, 1.82) is 0 Å². The van der Waals surface area contributed by atoms with Crippen molar-refractivity contribution in [3.8, 4) is 5.75 Å². The van der Waals surface area contributed by atoms with Gasteiger partial charge in [0.1, 0.15) is 22.8 Å². The van der Waals surface area contributed by atoms with Gasteiger partial charge in [0, 0.05) is 27.4 Å². The summed E-state index contributed by atoms with van der Waals surface area (Å²) in [6.45, 7) is 1.39. The lowest BCUT2D eigenvalue weighted by molar-refractivity contribution is -0.159. The molecule has 0 aromatic heterocycles. The number of phenolic OH excluding ortho intramolecular Hbond substituents is 1. The molecule has 0 aliphatic heterocycles. The van der Waals surface area contributed by atoms with Crippen LogP contribution in [0.1, 0.15) is 24.5 Å². The zero-order chi connectivity index (χ0) is 24.8. The van der Waals surface area contributed by atoms with Crippen molar-refractivity contribution < 1.29 is 39.9 Å². The normalized spacial score (nSPS) is 33.7. The predicted molar refractivity (Wildman–Crippen MR) is 118 cm³/mol. The third-order valence-corrected chi connectivity index (χ3v) is 7.73. The molecule has 10 nitrogen and oxygen atoms in total. The summed E-state index contributed by atoms with van der Waals surface area (Å²) in [5.74, 6) is -8.03. The highest BCUT2D eigenvalue weighted by molar-refractivity contribution is 9.10. The molecule has 0 saturated heterocycles. The van der Waals surface area contributed by atoms with E-state index in [-0.39, 0.29) is 17.5 Å². The molecule has 0 bridgehead atoms. The van der Waals surface area contributed by atoms with E-state index in [1.54, 1.807) is 0 Å². The lowest BCUT2D eigenvalue weighted by atomic mass is 9.54. The molecule has 0 radical (unpaired) electrons. The van der Waals surface area contributed by atoms with Gasteiger partial charge in [0.15, 0.2) is 11.4 Å². The maximum atomic E-state index is 13.7. The van der Waals surface area contributed by atoms with E-state index >= 15 is 0 Å². The number of ketones is 2. The molecule has 1 aromatic rings. The molecule has 3 aliphatic carbocycles. The number of aliphatic hydroxyl groups excluding tert-OH is 2. The number of nitrogens with zero attached hydrogens (tertiary/aromatic N) is 1. The predicted octanol–water partition coefficient (Wildman–Crippen LogP) is 0.392. The third-order valence-electron chi connectivity index (χ3n) is 7.07. The first kappa shape index (κ1) is 23.4. The summed E-state index contributed by atoms with van der Waals surface area (Å²) in [7, 11) is 3.00. The van der Waals surface area contributed by atoms with Gasteiger partial charge >= 0.3 is 0 Å². The molecule has 0 unspecified atom stereocenters. The van der Waals surface area contributed by atoms with E-state index in [2.05, 4.69) is 15.9 Å². The first-order valence-corrected chi connectivity index (χ1v) is 10.9. The van der Waals surface area contributed by atoms with Crippen molar-refractivity contribution in [2.45, 2.75) is 30.6 Å². The van der Waals surface area contributed by atoms with Gasteiger partial charge in [0.25, 0.3) is 5.91 Å². The number of carbonyl (C=O) groups is 3. The molecule has 7 N–H and O–H groups in total. The first-order valence-electron chi connectivity index (χ1n) is 10.1. The Labute approximate surface area is 196 Å². The molecule has 33 heavy (non-hydrogen) atoms. The minimum absolute atomic E-state index is 0.133. The number of rotatable bonds is 2. The van der Waals surface area contributed by atoms with Gasteiger partial charge in [0.2, 0.25) is 5.78 Å². The Morgan fingerprint density at radius 2 is 1.79 bits per heavy atom. The molecule has 1 fully saturated rings. The van der Waals surface area contributed by atoms with Crippen LogP contribution in [0.2, 0.25) is 0 Å². The Hall–Kier alpha value is -2.73. The van der Waals surface area contributed by atoms with Crippen molar-refractivity contribution in [2.24, 2.45) is 17.6 Å². The molecule has 3 aliphatic rings. The number of hydrogen-bond acceptors (Lipinski definition) is 9. The van der Waals surface area contributed by atoms with E-state index < -0.39 is 75.0 Å². The number of fused-ring (bicyclic) bond motifs is 3. The topological polar surface area (TPSA) is 182 Å². The van der Waals surface area contributed by atoms with Gasteiger partial charge in [-0.05, 0) is 39.6 Å². The number of aliphatic hydroxyl groups is 4. The average Bonchev–Trinajstić information content (AvgIpc) is 2.69. The fourth-order valence-corrected chi connectivity index (χ4v) is 6.31. The Morgan fingerprint density at radius 1 is 1.18 bits per heavy atom. The Morgan fingerprint density at radius 3 is 2.33 bits per heavy atom. The second-order valence-corrected chi connectivity index (χ2v) is 9.93. The first-order chi connectivity index (χ1) is 15.2. The summed E-state index contributed by atoms with van der Waals surface area (Å²) in [6.07, 6.45) is -0.221. The van der Waals surface area contributed by atoms with E-state index in [0.29, 0.717) is 4.47 Å². The van der Waals surface area contributed by atoms with Crippen molar-refractivity contribution in [1.82, 2.24) is 4.90 Å². The largest absolute Gasteiger partial charge is 0.508 e. The number of nitrogens with two attached hydrogens (primary N) is 1. The highest BCUT2D eigenvalue weighted by Crippen LogP contribution is 2.58. The van der Waals surface area contributed by atoms with Crippen LogP contribution in [0.4, 0.5) is 0 Å². The second-order valence-electron chi connectivity index (χ2n) is 9.08. The van der Waals surface area contributed by atoms with Crippen LogP contribution in [0.3, 0.4) is 0 Å². The molecule has 5 atom stereocenters.